The number of nitrogens with one attached hydrogen (secondary N) is 3. The number of nitrogens with zero attached hydrogens (tertiary/aromatic N) is 1. The highest BCUT2D eigenvalue weighted by Crippen LogP contribution is 2.30. The SMILES string of the molecule is CN(Cc1ccccc1)C(=O)c1cccc(NC(=O)CNc2cccc(C(=O)Nc3cccc(C(F)(F)F)c3)c2)c1. The largest absolute Gasteiger partial charge is 0.416 e. The first-order chi connectivity index (χ1) is 19.6. The Morgan fingerprint density at radius 2 is 1.32 bits per heavy atom. The van der Waals surface area contributed by atoms with Gasteiger partial charge in [0.05, 0.1) is 12.1 Å². The van der Waals surface area contributed by atoms with Crippen molar-refractivity contribution < 1.29 is 27.6 Å². The number of carbonyl (C=O) groups excluding carboxylic acids is 3. The van der Waals surface area contributed by atoms with Gasteiger partial charge in [-0.2, -0.15) is 13.2 Å². The lowest BCUT2D eigenvalue weighted by Gasteiger charge is -2.18. The van der Waals surface area contributed by atoms with Gasteiger partial charge in [-0.15, -0.1) is 0 Å². The lowest BCUT2D eigenvalue weighted by atomic mass is 10.1. The van der Waals surface area contributed by atoms with E-state index in [0.717, 1.165) is 17.7 Å². The maximum atomic E-state index is 13.0. The Hall–Kier alpha value is -5.12. The number of carbonyl (C=O) groups is 3. The Morgan fingerprint density at radius 3 is 2.02 bits per heavy atom. The zero-order valence-corrected chi connectivity index (χ0v) is 22.0. The molecule has 0 aliphatic heterocycles. The van der Waals surface area contributed by atoms with Crippen LogP contribution in [0.25, 0.3) is 0 Å². The molecule has 4 rings (SSSR count). The molecule has 0 atom stereocenters. The molecule has 0 aliphatic rings. The van der Waals surface area contributed by atoms with E-state index in [1.165, 1.54) is 24.3 Å². The molecule has 7 nitrogen and oxygen atoms in total. The summed E-state index contributed by atoms with van der Waals surface area (Å²) in [7, 11) is 1.71. The quantitative estimate of drug-likeness (QED) is 0.225. The molecule has 41 heavy (non-hydrogen) atoms. The summed E-state index contributed by atoms with van der Waals surface area (Å²) >= 11 is 0. The van der Waals surface area contributed by atoms with Gasteiger partial charge in [-0.05, 0) is 60.2 Å². The van der Waals surface area contributed by atoms with Crippen molar-refractivity contribution in [1.29, 1.82) is 0 Å². The fourth-order valence-electron chi connectivity index (χ4n) is 4.01. The van der Waals surface area contributed by atoms with Crippen molar-refractivity contribution in [3.05, 3.63) is 125 Å². The van der Waals surface area contributed by atoms with Crippen molar-refractivity contribution in [2.24, 2.45) is 0 Å². The molecule has 0 spiro atoms. The van der Waals surface area contributed by atoms with Crippen molar-refractivity contribution in [3.63, 3.8) is 0 Å². The van der Waals surface area contributed by atoms with E-state index in [1.54, 1.807) is 48.3 Å². The first kappa shape index (κ1) is 28.9. The lowest BCUT2D eigenvalue weighted by Crippen LogP contribution is -2.26. The molecule has 0 fully saturated rings. The molecule has 0 heterocycles. The standard InChI is InChI=1S/C31H27F3N4O3/c1-38(20-21-8-3-2-4-9-21)30(41)23-11-6-14-26(17-23)36-28(39)19-35-25-13-5-10-22(16-25)29(40)37-27-15-7-12-24(18-27)31(32,33)34/h2-18,35H,19-20H2,1H3,(H,36,39)(H,37,40). The molecule has 0 bridgehead atoms. The third kappa shape index (κ3) is 8.18. The number of amides is 3. The zero-order valence-electron chi connectivity index (χ0n) is 22.0. The molecule has 0 radical (unpaired) electrons. The maximum Gasteiger partial charge on any atom is 0.416 e. The number of halogens is 3. The third-order valence-electron chi connectivity index (χ3n) is 6.03. The van der Waals surface area contributed by atoms with Crippen LogP contribution in [0.5, 0.6) is 0 Å². The molecule has 0 aliphatic carbocycles. The molecule has 3 N–H and O–H groups in total. The van der Waals surface area contributed by atoms with Gasteiger partial charge >= 0.3 is 6.18 Å². The number of hydrogen-bond acceptors (Lipinski definition) is 4. The molecule has 3 amide bonds. The predicted octanol–water partition coefficient (Wildman–Crippen LogP) is 6.28. The summed E-state index contributed by atoms with van der Waals surface area (Å²) in [5.41, 5.74) is 1.66. The zero-order chi connectivity index (χ0) is 29.4. The van der Waals surface area contributed by atoms with Gasteiger partial charge in [-0.25, -0.2) is 0 Å². The van der Waals surface area contributed by atoms with Gasteiger partial charge in [0, 0.05) is 41.8 Å². The monoisotopic (exact) mass is 560 g/mol. The maximum absolute atomic E-state index is 13.0. The van der Waals surface area contributed by atoms with Gasteiger partial charge < -0.3 is 20.9 Å². The van der Waals surface area contributed by atoms with Gasteiger partial charge in [0.2, 0.25) is 5.91 Å². The molecule has 4 aromatic rings. The Labute approximate surface area is 235 Å². The van der Waals surface area contributed by atoms with Crippen molar-refractivity contribution >= 4 is 34.8 Å². The first-order valence-electron chi connectivity index (χ1n) is 12.6. The fourth-order valence-corrected chi connectivity index (χ4v) is 4.01. The van der Waals surface area contributed by atoms with Gasteiger partial charge in [0.15, 0.2) is 0 Å². The van der Waals surface area contributed by atoms with Gasteiger partial charge in [-0.1, -0.05) is 48.5 Å². The van der Waals surface area contributed by atoms with Crippen LogP contribution in [0.15, 0.2) is 103 Å². The summed E-state index contributed by atoms with van der Waals surface area (Å²) in [6.45, 7) is 0.308. The van der Waals surface area contributed by atoms with Crippen molar-refractivity contribution in [2.45, 2.75) is 12.7 Å². The van der Waals surface area contributed by atoms with E-state index in [1.807, 2.05) is 30.3 Å². The smallest absolute Gasteiger partial charge is 0.376 e. The molecule has 4 aromatic carbocycles. The van der Waals surface area contributed by atoms with Crippen molar-refractivity contribution in [2.75, 3.05) is 29.5 Å². The highest BCUT2D eigenvalue weighted by Gasteiger charge is 2.30. The van der Waals surface area contributed by atoms with Crippen molar-refractivity contribution in [1.82, 2.24) is 4.90 Å². The Kier molecular flexibility index (Phi) is 9.03. The number of rotatable bonds is 9. The summed E-state index contributed by atoms with van der Waals surface area (Å²) in [5, 5.41) is 8.11. The number of alkyl halides is 3. The van der Waals surface area contributed by atoms with Gasteiger partial charge in [-0.3, -0.25) is 14.4 Å². The number of benzene rings is 4. The molecular formula is C31H27F3N4O3. The highest BCUT2D eigenvalue weighted by molar-refractivity contribution is 6.05. The van der Waals surface area contributed by atoms with E-state index in [9.17, 15) is 27.6 Å². The minimum atomic E-state index is -4.53. The first-order valence-corrected chi connectivity index (χ1v) is 12.6. The van der Waals surface area contributed by atoms with Gasteiger partial charge in [0.1, 0.15) is 0 Å². The second kappa shape index (κ2) is 12.8. The summed E-state index contributed by atoms with van der Waals surface area (Å²) in [5.74, 6) is -1.18. The molecule has 0 saturated carbocycles. The summed E-state index contributed by atoms with van der Waals surface area (Å²) in [4.78, 5) is 39.7. The molecular weight excluding hydrogens is 533 g/mol. The second-order valence-corrected chi connectivity index (χ2v) is 9.24. The average Bonchev–Trinajstić information content (AvgIpc) is 2.96. The van der Waals surface area contributed by atoms with E-state index >= 15 is 0 Å². The van der Waals surface area contributed by atoms with E-state index in [-0.39, 0.29) is 29.6 Å². The van der Waals surface area contributed by atoms with Crippen LogP contribution in [-0.4, -0.2) is 36.2 Å². The summed E-state index contributed by atoms with van der Waals surface area (Å²) < 4.78 is 38.9. The number of anilines is 3. The van der Waals surface area contributed by atoms with E-state index in [0.29, 0.717) is 23.5 Å². The van der Waals surface area contributed by atoms with E-state index in [2.05, 4.69) is 16.0 Å². The van der Waals surface area contributed by atoms with Crippen LogP contribution in [-0.2, 0) is 17.5 Å². The van der Waals surface area contributed by atoms with Crippen LogP contribution in [0.3, 0.4) is 0 Å². The van der Waals surface area contributed by atoms with Crippen LogP contribution < -0.4 is 16.0 Å². The Morgan fingerprint density at radius 1 is 0.707 bits per heavy atom. The van der Waals surface area contributed by atoms with Crippen LogP contribution in [0.2, 0.25) is 0 Å². The summed E-state index contributed by atoms with van der Waals surface area (Å²) in [6, 6.07) is 26.8. The van der Waals surface area contributed by atoms with Gasteiger partial charge in [0.25, 0.3) is 11.8 Å². The normalized spacial score (nSPS) is 10.9. The summed E-state index contributed by atoms with van der Waals surface area (Å²) in [6.07, 6.45) is -4.53. The van der Waals surface area contributed by atoms with E-state index < -0.39 is 17.6 Å². The Balaban J connectivity index is 1.32. The molecule has 0 unspecified atom stereocenters. The van der Waals surface area contributed by atoms with Crippen LogP contribution in [0.1, 0.15) is 31.8 Å². The molecule has 0 aromatic heterocycles. The third-order valence-corrected chi connectivity index (χ3v) is 6.03. The number of hydrogen-bond donors (Lipinski definition) is 3. The minimum absolute atomic E-state index is 0.00883. The van der Waals surface area contributed by atoms with Crippen LogP contribution >= 0.6 is 0 Å². The lowest BCUT2D eigenvalue weighted by molar-refractivity contribution is -0.137. The minimum Gasteiger partial charge on any atom is -0.376 e. The molecule has 0 saturated heterocycles. The van der Waals surface area contributed by atoms with E-state index in [4.69, 9.17) is 0 Å². The fraction of sp³-hybridized carbons (Fsp3) is 0.129. The van der Waals surface area contributed by atoms with Crippen LogP contribution in [0, 0.1) is 0 Å². The molecule has 10 heteroatoms. The second-order valence-electron chi connectivity index (χ2n) is 9.24. The van der Waals surface area contributed by atoms with Crippen molar-refractivity contribution in [3.8, 4) is 0 Å². The predicted molar refractivity (Wildman–Crippen MR) is 152 cm³/mol. The van der Waals surface area contributed by atoms with Crippen LogP contribution in [0.4, 0.5) is 30.2 Å². The topological polar surface area (TPSA) is 90.5 Å². The highest BCUT2D eigenvalue weighted by atomic mass is 19.4. The molecule has 210 valence electrons. The Bertz CT molecular complexity index is 1540. The average molecular weight is 561 g/mol.